The molecule has 0 aromatic heterocycles. The summed E-state index contributed by atoms with van der Waals surface area (Å²) in [5, 5.41) is 0. The fourth-order valence-electron chi connectivity index (χ4n) is 3.03. The topological polar surface area (TPSA) is 40.6 Å². The van der Waals surface area contributed by atoms with E-state index in [1.807, 2.05) is 6.92 Å². The lowest BCUT2D eigenvalue weighted by Crippen LogP contribution is -2.54. The van der Waals surface area contributed by atoms with Gasteiger partial charge in [0.25, 0.3) is 0 Å². The molecule has 1 heterocycles. The van der Waals surface area contributed by atoms with Crippen molar-refractivity contribution in [3.63, 3.8) is 0 Å². The molecule has 1 saturated heterocycles. The molecule has 2 aliphatic rings. The van der Waals surface area contributed by atoms with E-state index in [9.17, 15) is 12.8 Å². The molecule has 1 aromatic carbocycles. The summed E-state index contributed by atoms with van der Waals surface area (Å²) in [7, 11) is -3.34. The molecule has 1 aliphatic carbocycles. The number of benzene rings is 1. The van der Waals surface area contributed by atoms with Crippen LogP contribution < -0.4 is 0 Å². The maximum atomic E-state index is 12.9. The number of nitrogens with zero attached hydrogens (tertiary/aromatic N) is 2. The van der Waals surface area contributed by atoms with Gasteiger partial charge in [-0.3, -0.25) is 4.90 Å². The molecule has 1 unspecified atom stereocenters. The summed E-state index contributed by atoms with van der Waals surface area (Å²) >= 11 is 0. The largest absolute Gasteiger partial charge is 0.297 e. The van der Waals surface area contributed by atoms with E-state index in [0.29, 0.717) is 18.2 Å². The van der Waals surface area contributed by atoms with Gasteiger partial charge in [0, 0.05) is 31.7 Å². The van der Waals surface area contributed by atoms with Crippen LogP contribution in [0.25, 0.3) is 0 Å². The molecule has 4 nitrogen and oxygen atoms in total. The van der Waals surface area contributed by atoms with Gasteiger partial charge in [-0.25, -0.2) is 12.8 Å². The molecule has 6 heteroatoms. The van der Waals surface area contributed by atoms with Gasteiger partial charge in [0.05, 0.1) is 5.75 Å². The van der Waals surface area contributed by atoms with Crippen molar-refractivity contribution in [2.24, 2.45) is 0 Å². The zero-order valence-corrected chi connectivity index (χ0v) is 13.0. The van der Waals surface area contributed by atoms with Crippen LogP contribution in [-0.4, -0.2) is 49.3 Å². The van der Waals surface area contributed by atoms with Gasteiger partial charge in [-0.2, -0.15) is 4.31 Å². The van der Waals surface area contributed by atoms with Gasteiger partial charge >= 0.3 is 0 Å². The Hall–Kier alpha value is -0.980. The highest BCUT2D eigenvalue weighted by Crippen LogP contribution is 2.29. The third-order valence-electron chi connectivity index (χ3n) is 4.28. The zero-order chi connectivity index (χ0) is 15.0. The minimum Gasteiger partial charge on any atom is -0.297 e. The van der Waals surface area contributed by atoms with Crippen molar-refractivity contribution in [2.45, 2.75) is 37.6 Å². The fourth-order valence-corrected chi connectivity index (χ4v) is 4.78. The number of halogens is 1. The van der Waals surface area contributed by atoms with Crippen LogP contribution in [0.5, 0.6) is 0 Å². The summed E-state index contributed by atoms with van der Waals surface area (Å²) in [6.45, 7) is 4.16. The van der Waals surface area contributed by atoms with Gasteiger partial charge in [-0.05, 0) is 37.5 Å². The van der Waals surface area contributed by atoms with Crippen LogP contribution >= 0.6 is 0 Å². The first-order chi connectivity index (χ1) is 9.95. The van der Waals surface area contributed by atoms with Crippen LogP contribution in [0.1, 0.15) is 25.3 Å². The minimum absolute atomic E-state index is 0.00444. The average Bonchev–Trinajstić information content (AvgIpc) is 3.25. The highest BCUT2D eigenvalue weighted by Gasteiger charge is 2.37. The van der Waals surface area contributed by atoms with Crippen molar-refractivity contribution in [3.8, 4) is 0 Å². The molecule has 1 aliphatic heterocycles. The first-order valence-corrected chi connectivity index (χ1v) is 9.04. The number of rotatable bonds is 4. The number of piperazine rings is 1. The minimum atomic E-state index is -3.34. The third-order valence-corrected chi connectivity index (χ3v) is 6.24. The van der Waals surface area contributed by atoms with E-state index in [4.69, 9.17) is 0 Å². The summed E-state index contributed by atoms with van der Waals surface area (Å²) in [5.41, 5.74) is 0.633. The lowest BCUT2D eigenvalue weighted by molar-refractivity contribution is 0.137. The molecule has 0 radical (unpaired) electrons. The summed E-state index contributed by atoms with van der Waals surface area (Å²) < 4.78 is 39.6. The van der Waals surface area contributed by atoms with Crippen molar-refractivity contribution in [1.82, 2.24) is 9.21 Å². The molecule has 116 valence electrons. The van der Waals surface area contributed by atoms with E-state index < -0.39 is 10.0 Å². The second-order valence-corrected chi connectivity index (χ2v) is 7.99. The predicted molar refractivity (Wildman–Crippen MR) is 79.8 cm³/mol. The molecular formula is C15H21FN2O2S. The highest BCUT2D eigenvalue weighted by molar-refractivity contribution is 7.88. The van der Waals surface area contributed by atoms with E-state index in [1.54, 1.807) is 4.31 Å². The van der Waals surface area contributed by atoms with E-state index >= 15 is 0 Å². The van der Waals surface area contributed by atoms with Crippen molar-refractivity contribution in [3.05, 3.63) is 35.6 Å². The van der Waals surface area contributed by atoms with Crippen LogP contribution in [-0.2, 0) is 15.8 Å². The van der Waals surface area contributed by atoms with Gasteiger partial charge in [0.2, 0.25) is 10.0 Å². The normalized spacial score (nSPS) is 25.1. The molecule has 3 rings (SSSR count). The third kappa shape index (κ3) is 3.44. The molecule has 0 spiro atoms. The van der Waals surface area contributed by atoms with Crippen LogP contribution in [0, 0.1) is 5.82 Å². The molecular weight excluding hydrogens is 291 g/mol. The Labute approximate surface area is 125 Å². The maximum Gasteiger partial charge on any atom is 0.218 e. The second-order valence-electron chi connectivity index (χ2n) is 6.07. The van der Waals surface area contributed by atoms with Gasteiger partial charge < -0.3 is 0 Å². The second kappa shape index (κ2) is 5.66. The Balaban J connectivity index is 1.68. The highest BCUT2D eigenvalue weighted by atomic mass is 32.2. The number of hydrogen-bond acceptors (Lipinski definition) is 3. The smallest absolute Gasteiger partial charge is 0.218 e. The quantitative estimate of drug-likeness (QED) is 0.851. The van der Waals surface area contributed by atoms with E-state index in [1.165, 1.54) is 37.1 Å². The summed E-state index contributed by atoms with van der Waals surface area (Å²) in [5.74, 6) is -0.399. The Morgan fingerprint density at radius 3 is 2.43 bits per heavy atom. The Kier molecular flexibility index (Phi) is 4.03. The monoisotopic (exact) mass is 312 g/mol. The molecule has 1 saturated carbocycles. The summed E-state index contributed by atoms with van der Waals surface area (Å²) in [4.78, 5) is 2.40. The van der Waals surface area contributed by atoms with E-state index in [0.717, 1.165) is 13.1 Å². The summed E-state index contributed by atoms with van der Waals surface area (Å²) in [6.07, 6.45) is 2.49. The standard InChI is InChI=1S/C15H21FN2O2S/c1-12-10-17(15-6-7-15)8-9-18(12)21(19,20)11-13-2-4-14(16)5-3-13/h2-5,12,15H,6-11H2,1H3. The molecule has 21 heavy (non-hydrogen) atoms. The Morgan fingerprint density at radius 2 is 1.86 bits per heavy atom. The fraction of sp³-hybridized carbons (Fsp3) is 0.600. The average molecular weight is 312 g/mol. The zero-order valence-electron chi connectivity index (χ0n) is 12.2. The van der Waals surface area contributed by atoms with E-state index in [-0.39, 0.29) is 17.6 Å². The first kappa shape index (κ1) is 14.9. The van der Waals surface area contributed by atoms with Crippen molar-refractivity contribution < 1.29 is 12.8 Å². The van der Waals surface area contributed by atoms with Crippen molar-refractivity contribution in [2.75, 3.05) is 19.6 Å². The lowest BCUT2D eigenvalue weighted by atomic mass is 10.2. The van der Waals surface area contributed by atoms with Gasteiger partial charge in [0.15, 0.2) is 0 Å². The van der Waals surface area contributed by atoms with Crippen LogP contribution in [0.4, 0.5) is 4.39 Å². The maximum absolute atomic E-state index is 12.9. The molecule has 2 fully saturated rings. The molecule has 0 amide bonds. The first-order valence-electron chi connectivity index (χ1n) is 7.44. The molecule has 0 N–H and O–H groups in total. The van der Waals surface area contributed by atoms with Crippen molar-refractivity contribution in [1.29, 1.82) is 0 Å². The van der Waals surface area contributed by atoms with Gasteiger partial charge in [-0.1, -0.05) is 12.1 Å². The number of hydrogen-bond donors (Lipinski definition) is 0. The van der Waals surface area contributed by atoms with Crippen molar-refractivity contribution >= 4 is 10.0 Å². The molecule has 1 atom stereocenters. The van der Waals surface area contributed by atoms with Crippen LogP contribution in [0.2, 0.25) is 0 Å². The van der Waals surface area contributed by atoms with E-state index in [2.05, 4.69) is 4.90 Å². The Morgan fingerprint density at radius 1 is 1.19 bits per heavy atom. The van der Waals surface area contributed by atoms with Crippen LogP contribution in [0.15, 0.2) is 24.3 Å². The molecule has 0 bridgehead atoms. The Bertz CT molecular complexity index is 599. The number of sulfonamides is 1. The SMILES string of the molecule is CC1CN(C2CC2)CCN1S(=O)(=O)Cc1ccc(F)cc1. The predicted octanol–water partition coefficient (Wildman–Crippen LogP) is 1.82. The van der Waals surface area contributed by atoms with Gasteiger partial charge in [-0.15, -0.1) is 0 Å². The van der Waals surface area contributed by atoms with Crippen LogP contribution in [0.3, 0.4) is 0 Å². The lowest BCUT2D eigenvalue weighted by Gasteiger charge is -2.39. The molecule has 1 aromatic rings. The summed E-state index contributed by atoms with van der Waals surface area (Å²) in [6, 6.07) is 6.37. The van der Waals surface area contributed by atoms with Gasteiger partial charge in [0.1, 0.15) is 5.82 Å².